The molecule has 2 saturated heterocycles. The van der Waals surface area contributed by atoms with Crippen molar-refractivity contribution >= 4 is 6.09 Å². The first kappa shape index (κ1) is 24.3. The molecule has 2 unspecified atom stereocenters. The molecule has 2 bridgehead atoms. The van der Waals surface area contributed by atoms with Crippen LogP contribution in [0.5, 0.6) is 0 Å². The van der Waals surface area contributed by atoms with Crippen LogP contribution in [0, 0.1) is 0 Å². The molecule has 2 aromatic rings. The lowest BCUT2D eigenvalue weighted by molar-refractivity contribution is -0.136. The molecular weight excluding hydrogens is 446 g/mol. The number of hydrogen-bond donors (Lipinski definition) is 1. The van der Waals surface area contributed by atoms with Crippen LogP contribution in [0.4, 0.5) is 4.79 Å². The van der Waals surface area contributed by atoms with Gasteiger partial charge in [-0.2, -0.15) is 0 Å². The van der Waals surface area contributed by atoms with Gasteiger partial charge in [-0.05, 0) is 47.9 Å². The largest absolute Gasteiger partial charge is 0.448 e. The first-order valence-electron chi connectivity index (χ1n) is 12.6. The van der Waals surface area contributed by atoms with Crippen molar-refractivity contribution in [1.29, 1.82) is 0 Å². The van der Waals surface area contributed by atoms with Crippen LogP contribution >= 0.6 is 0 Å². The minimum atomic E-state index is -0.816. The quantitative estimate of drug-likeness (QED) is 0.546. The Morgan fingerprint density at radius 2 is 1.63 bits per heavy atom. The molecule has 2 atom stereocenters. The second-order valence-electron chi connectivity index (χ2n) is 9.90. The zero-order valence-electron chi connectivity index (χ0n) is 20.4. The van der Waals surface area contributed by atoms with E-state index in [4.69, 9.17) is 18.9 Å². The molecule has 0 saturated carbocycles. The summed E-state index contributed by atoms with van der Waals surface area (Å²) >= 11 is 0. The van der Waals surface area contributed by atoms with Crippen molar-refractivity contribution in [1.82, 2.24) is 4.90 Å². The third-order valence-corrected chi connectivity index (χ3v) is 7.55. The summed E-state index contributed by atoms with van der Waals surface area (Å²) in [6.07, 6.45) is 2.09. The van der Waals surface area contributed by atoms with Crippen LogP contribution in [0.2, 0.25) is 0 Å². The van der Waals surface area contributed by atoms with Crippen LogP contribution < -0.4 is 0 Å². The van der Waals surface area contributed by atoms with Gasteiger partial charge in [0, 0.05) is 19.6 Å². The lowest BCUT2D eigenvalue weighted by Gasteiger charge is -2.51. The number of carbonyl (C=O) groups excluding carboxylic acids is 1. The van der Waals surface area contributed by atoms with Gasteiger partial charge >= 0.3 is 6.09 Å². The fourth-order valence-corrected chi connectivity index (χ4v) is 5.99. The van der Waals surface area contributed by atoms with Crippen molar-refractivity contribution in [3.05, 3.63) is 59.7 Å². The number of carbonyl (C=O) groups is 1. The van der Waals surface area contributed by atoms with E-state index in [0.29, 0.717) is 58.9 Å². The Hall–Kier alpha value is -2.45. The van der Waals surface area contributed by atoms with Gasteiger partial charge < -0.3 is 24.1 Å². The van der Waals surface area contributed by atoms with Gasteiger partial charge in [0.15, 0.2) is 0 Å². The van der Waals surface area contributed by atoms with Gasteiger partial charge in [0.25, 0.3) is 0 Å². The first-order valence-corrected chi connectivity index (χ1v) is 12.6. The number of nitrogens with zero attached hydrogens (tertiary/aromatic N) is 1. The summed E-state index contributed by atoms with van der Waals surface area (Å²) in [5.74, 6) is 0.0299. The third-order valence-electron chi connectivity index (χ3n) is 7.55. The van der Waals surface area contributed by atoms with Crippen LogP contribution in [0.25, 0.3) is 11.1 Å². The fourth-order valence-electron chi connectivity index (χ4n) is 5.99. The van der Waals surface area contributed by atoms with Gasteiger partial charge in [-0.15, -0.1) is 0 Å². The van der Waals surface area contributed by atoms with Gasteiger partial charge in [-0.25, -0.2) is 4.79 Å². The Labute approximate surface area is 206 Å². The van der Waals surface area contributed by atoms with Crippen molar-refractivity contribution in [2.45, 2.75) is 49.3 Å². The smallest absolute Gasteiger partial charge is 0.410 e. The molecule has 0 aromatic heterocycles. The number of hydrogen-bond acceptors (Lipinski definition) is 6. The summed E-state index contributed by atoms with van der Waals surface area (Å²) < 4.78 is 22.2. The Morgan fingerprint density at radius 3 is 2.26 bits per heavy atom. The van der Waals surface area contributed by atoms with E-state index in [9.17, 15) is 9.90 Å². The molecule has 188 valence electrons. The lowest BCUT2D eigenvalue weighted by atomic mass is 9.78. The van der Waals surface area contributed by atoms with Crippen molar-refractivity contribution < 1.29 is 28.8 Å². The minimum Gasteiger partial charge on any atom is -0.448 e. The predicted molar refractivity (Wildman–Crippen MR) is 131 cm³/mol. The zero-order chi connectivity index (χ0) is 24.3. The van der Waals surface area contributed by atoms with E-state index in [2.05, 4.69) is 24.3 Å². The molecule has 3 aliphatic rings. The molecule has 5 rings (SSSR count). The molecule has 2 heterocycles. The Balaban J connectivity index is 1.20. The van der Waals surface area contributed by atoms with E-state index in [1.807, 2.05) is 29.2 Å². The van der Waals surface area contributed by atoms with E-state index >= 15 is 0 Å². The Kier molecular flexibility index (Phi) is 7.39. The molecule has 0 spiro atoms. The second-order valence-corrected chi connectivity index (χ2v) is 9.90. The minimum absolute atomic E-state index is 0.0299. The SMILES string of the molecule is COCCOCCCC1(O)CC2COCC(C1)N2C(=O)OCC1c2ccccc2-c2ccccc21. The second kappa shape index (κ2) is 10.7. The predicted octanol–water partition coefficient (Wildman–Crippen LogP) is 3.97. The average molecular weight is 482 g/mol. The standard InChI is InChI=1S/C28H35NO6/c1-32-13-14-33-12-6-11-28(31)15-20-17-34-18-21(16-28)29(20)27(30)35-19-26-24-9-4-2-7-22(24)23-8-3-5-10-25(23)26/h2-5,7-10,20-21,26,31H,6,11-19H2,1H3. The maximum Gasteiger partial charge on any atom is 0.410 e. The number of aliphatic hydroxyl groups is 1. The number of ether oxygens (including phenoxy) is 4. The van der Waals surface area contributed by atoms with E-state index in [-0.39, 0.29) is 24.1 Å². The zero-order valence-corrected chi connectivity index (χ0v) is 20.4. The lowest BCUT2D eigenvalue weighted by Crippen LogP contribution is -2.63. The van der Waals surface area contributed by atoms with Crippen molar-refractivity contribution in [3.63, 3.8) is 0 Å². The molecule has 2 fully saturated rings. The van der Waals surface area contributed by atoms with Gasteiger partial charge in [-0.3, -0.25) is 4.90 Å². The summed E-state index contributed by atoms with van der Waals surface area (Å²) in [7, 11) is 1.65. The number of methoxy groups -OCH3 is 1. The van der Waals surface area contributed by atoms with Crippen LogP contribution in [0.15, 0.2) is 48.5 Å². The van der Waals surface area contributed by atoms with Crippen molar-refractivity contribution in [3.8, 4) is 11.1 Å². The van der Waals surface area contributed by atoms with Crippen LogP contribution in [-0.2, 0) is 18.9 Å². The Morgan fingerprint density at radius 1 is 1.00 bits per heavy atom. The summed E-state index contributed by atoms with van der Waals surface area (Å²) in [6, 6.07) is 16.3. The molecule has 35 heavy (non-hydrogen) atoms. The fraction of sp³-hybridized carbons (Fsp3) is 0.536. The molecule has 2 aliphatic heterocycles. The van der Waals surface area contributed by atoms with Crippen LogP contribution in [-0.4, -0.2) is 80.5 Å². The number of piperidine rings is 1. The number of rotatable bonds is 9. The summed E-state index contributed by atoms with van der Waals surface area (Å²) in [6.45, 7) is 2.87. The van der Waals surface area contributed by atoms with Gasteiger partial charge in [0.1, 0.15) is 6.61 Å². The van der Waals surface area contributed by atoms with Gasteiger partial charge in [0.05, 0.1) is 44.1 Å². The number of morpholine rings is 1. The monoisotopic (exact) mass is 481 g/mol. The summed E-state index contributed by atoms with van der Waals surface area (Å²) in [4.78, 5) is 15.1. The van der Waals surface area contributed by atoms with E-state index in [1.54, 1.807) is 7.11 Å². The normalized spacial score (nSPS) is 25.3. The molecule has 2 aromatic carbocycles. The summed E-state index contributed by atoms with van der Waals surface area (Å²) in [5.41, 5.74) is 4.01. The Bertz CT molecular complexity index is 967. The first-order chi connectivity index (χ1) is 17.1. The van der Waals surface area contributed by atoms with Crippen molar-refractivity contribution in [2.24, 2.45) is 0 Å². The average Bonchev–Trinajstić information content (AvgIpc) is 3.18. The molecule has 1 N–H and O–H groups in total. The summed E-state index contributed by atoms with van der Waals surface area (Å²) in [5, 5.41) is 11.3. The molecule has 1 amide bonds. The highest BCUT2D eigenvalue weighted by molar-refractivity contribution is 5.79. The number of benzene rings is 2. The maximum atomic E-state index is 13.3. The maximum absolute atomic E-state index is 13.3. The molecule has 7 heteroatoms. The highest BCUT2D eigenvalue weighted by Crippen LogP contribution is 2.45. The molecule has 0 radical (unpaired) electrons. The highest BCUT2D eigenvalue weighted by atomic mass is 16.6. The number of amides is 1. The molecule has 7 nitrogen and oxygen atoms in total. The van der Waals surface area contributed by atoms with E-state index in [1.165, 1.54) is 22.3 Å². The van der Waals surface area contributed by atoms with Crippen LogP contribution in [0.1, 0.15) is 42.7 Å². The number of fused-ring (bicyclic) bond motifs is 5. The van der Waals surface area contributed by atoms with Gasteiger partial charge in [0.2, 0.25) is 0 Å². The van der Waals surface area contributed by atoms with E-state index in [0.717, 1.165) is 6.42 Å². The topological polar surface area (TPSA) is 77.5 Å². The molecular formula is C28H35NO6. The van der Waals surface area contributed by atoms with Gasteiger partial charge in [-0.1, -0.05) is 48.5 Å². The van der Waals surface area contributed by atoms with E-state index < -0.39 is 5.60 Å². The van der Waals surface area contributed by atoms with Crippen LogP contribution in [0.3, 0.4) is 0 Å². The highest BCUT2D eigenvalue weighted by Gasteiger charge is 2.48. The molecule has 1 aliphatic carbocycles. The van der Waals surface area contributed by atoms with Crippen molar-refractivity contribution in [2.75, 3.05) is 46.8 Å². The third kappa shape index (κ3) is 5.09.